The van der Waals surface area contributed by atoms with Crippen molar-refractivity contribution in [2.45, 2.75) is 33.0 Å². The number of aromatic nitrogens is 2. The molecule has 34 heavy (non-hydrogen) atoms. The van der Waals surface area contributed by atoms with Crippen LogP contribution < -0.4 is 27.2 Å². The third-order valence-corrected chi connectivity index (χ3v) is 6.48. The Labute approximate surface area is 197 Å². The van der Waals surface area contributed by atoms with Crippen molar-refractivity contribution in [3.05, 3.63) is 91.5 Å². The smallest absolute Gasteiger partial charge is 0.331 e. The minimum absolute atomic E-state index is 0.000189. The first-order valence-electron chi connectivity index (χ1n) is 11.4. The van der Waals surface area contributed by atoms with Crippen molar-refractivity contribution < 1.29 is 9.50 Å². The number of nitrogens with two attached hydrogens (primary N) is 1. The molecular weight excluding hydrogens is 437 g/mol. The molecule has 0 unspecified atom stereocenters. The molecular formula is C25H30FN5O3. The van der Waals surface area contributed by atoms with Crippen LogP contribution in [0.5, 0.6) is 5.75 Å². The van der Waals surface area contributed by atoms with Crippen LogP contribution in [-0.4, -0.2) is 40.4 Å². The summed E-state index contributed by atoms with van der Waals surface area (Å²) in [6, 6.07) is 10.6. The highest BCUT2D eigenvalue weighted by atomic mass is 19.1. The van der Waals surface area contributed by atoms with Gasteiger partial charge >= 0.3 is 5.69 Å². The maximum atomic E-state index is 14.7. The molecule has 8 nitrogen and oxygen atoms in total. The summed E-state index contributed by atoms with van der Waals surface area (Å²) < 4.78 is 17.2. The Bertz CT molecular complexity index is 1290. The number of hydrogen-bond donors (Lipinski definition) is 3. The van der Waals surface area contributed by atoms with Gasteiger partial charge in [-0.3, -0.25) is 13.9 Å². The molecule has 0 radical (unpaired) electrons. The molecule has 1 atom stereocenters. The van der Waals surface area contributed by atoms with E-state index in [1.54, 1.807) is 44.2 Å². The highest BCUT2D eigenvalue weighted by molar-refractivity contribution is 5.50. The zero-order valence-corrected chi connectivity index (χ0v) is 19.4. The Balaban J connectivity index is 1.86. The molecule has 2 heterocycles. The number of piperazine rings is 1. The maximum absolute atomic E-state index is 14.7. The highest BCUT2D eigenvalue weighted by Crippen LogP contribution is 2.23. The fraction of sp³-hybridized carbons (Fsp3) is 0.360. The van der Waals surface area contributed by atoms with E-state index < -0.39 is 23.1 Å². The second kappa shape index (κ2) is 9.82. The van der Waals surface area contributed by atoms with Crippen LogP contribution >= 0.6 is 0 Å². The van der Waals surface area contributed by atoms with E-state index in [0.29, 0.717) is 48.7 Å². The van der Waals surface area contributed by atoms with E-state index in [0.717, 1.165) is 10.1 Å². The van der Waals surface area contributed by atoms with E-state index in [1.165, 1.54) is 16.7 Å². The van der Waals surface area contributed by atoms with Gasteiger partial charge in [-0.05, 0) is 31.5 Å². The van der Waals surface area contributed by atoms with Crippen LogP contribution in [0, 0.1) is 19.7 Å². The first kappa shape index (κ1) is 23.7. The lowest BCUT2D eigenvalue weighted by atomic mass is 10.1. The van der Waals surface area contributed by atoms with Crippen molar-refractivity contribution in [2.75, 3.05) is 31.1 Å². The molecule has 0 aliphatic carbocycles. The Hall–Kier alpha value is -3.43. The Morgan fingerprint density at radius 2 is 1.76 bits per heavy atom. The first-order chi connectivity index (χ1) is 16.3. The molecule has 1 aliphatic heterocycles. The molecule has 1 fully saturated rings. The number of anilines is 1. The third kappa shape index (κ3) is 4.49. The summed E-state index contributed by atoms with van der Waals surface area (Å²) >= 11 is 0. The van der Waals surface area contributed by atoms with Gasteiger partial charge in [0.05, 0.1) is 19.1 Å². The van der Waals surface area contributed by atoms with Crippen molar-refractivity contribution >= 4 is 5.69 Å². The van der Waals surface area contributed by atoms with Gasteiger partial charge in [0.2, 0.25) is 0 Å². The number of nitrogens with zero attached hydrogens (tertiary/aromatic N) is 3. The second-order valence-electron chi connectivity index (χ2n) is 8.66. The fourth-order valence-corrected chi connectivity index (χ4v) is 4.51. The minimum atomic E-state index is -0.783. The normalized spacial score (nSPS) is 14.9. The number of phenolic OH excluding ortho intramolecular Hbond substituents is 1. The lowest BCUT2D eigenvalue weighted by Gasteiger charge is -2.31. The fourth-order valence-electron chi connectivity index (χ4n) is 4.51. The number of aryl methyl sites for hydroxylation is 1. The second-order valence-corrected chi connectivity index (χ2v) is 8.66. The van der Waals surface area contributed by atoms with E-state index in [-0.39, 0.29) is 18.8 Å². The largest absolute Gasteiger partial charge is 0.508 e. The lowest BCUT2D eigenvalue weighted by Crippen LogP contribution is -2.50. The summed E-state index contributed by atoms with van der Waals surface area (Å²) in [6.07, 6.45) is 0. The standard InChI is InChI=1S/C25H30FN5O3/c1-16-6-5-8-20(26)19(16)14-30-17(2)23(29-12-10-28-11-13-29)24(33)31(25(30)34)15-21(27)18-7-3-4-9-22(18)32/h3-9,21,28,32H,10-15,27H2,1-2H3/t21-/m0/s1. The molecule has 180 valence electrons. The molecule has 0 amide bonds. The summed E-state index contributed by atoms with van der Waals surface area (Å²) in [4.78, 5) is 29.1. The minimum Gasteiger partial charge on any atom is -0.508 e. The van der Waals surface area contributed by atoms with Gasteiger partial charge in [-0.25, -0.2) is 9.18 Å². The van der Waals surface area contributed by atoms with Crippen molar-refractivity contribution in [3.8, 4) is 5.75 Å². The SMILES string of the molecule is Cc1cccc(F)c1Cn1c(C)c(N2CCNCC2)c(=O)n(C[C@H](N)c2ccccc2O)c1=O. The monoisotopic (exact) mass is 467 g/mol. The average molecular weight is 468 g/mol. The van der Waals surface area contributed by atoms with Gasteiger partial charge in [0.15, 0.2) is 0 Å². The maximum Gasteiger partial charge on any atom is 0.331 e. The zero-order chi connectivity index (χ0) is 24.4. The number of para-hydroxylation sites is 1. The van der Waals surface area contributed by atoms with Crippen LogP contribution in [-0.2, 0) is 13.1 Å². The summed E-state index contributed by atoms with van der Waals surface area (Å²) in [5, 5.41) is 13.5. The number of aromatic hydroxyl groups is 1. The predicted molar refractivity (Wildman–Crippen MR) is 130 cm³/mol. The third-order valence-electron chi connectivity index (χ3n) is 6.48. The number of halogens is 1. The summed E-state index contributed by atoms with van der Waals surface area (Å²) in [7, 11) is 0. The van der Waals surface area contributed by atoms with Crippen LogP contribution in [0.4, 0.5) is 10.1 Å². The van der Waals surface area contributed by atoms with Gasteiger partial charge < -0.3 is 21.1 Å². The van der Waals surface area contributed by atoms with Crippen LogP contribution in [0.3, 0.4) is 0 Å². The Morgan fingerprint density at radius 3 is 2.44 bits per heavy atom. The molecule has 0 spiro atoms. The topological polar surface area (TPSA) is 106 Å². The van der Waals surface area contributed by atoms with Crippen molar-refractivity contribution in [1.82, 2.24) is 14.5 Å². The Morgan fingerprint density at radius 1 is 1.06 bits per heavy atom. The molecule has 0 saturated carbocycles. The van der Waals surface area contributed by atoms with Crippen LogP contribution in [0.1, 0.15) is 28.4 Å². The van der Waals surface area contributed by atoms with Gasteiger partial charge in [-0.15, -0.1) is 0 Å². The average Bonchev–Trinajstić information content (AvgIpc) is 2.82. The van der Waals surface area contributed by atoms with Gasteiger partial charge in [-0.1, -0.05) is 30.3 Å². The summed E-state index contributed by atoms with van der Waals surface area (Å²) in [6.45, 7) is 6.03. The predicted octanol–water partition coefficient (Wildman–Crippen LogP) is 1.63. The van der Waals surface area contributed by atoms with Gasteiger partial charge in [0.1, 0.15) is 17.3 Å². The molecule has 3 aromatic rings. The molecule has 4 rings (SSSR count). The molecule has 4 N–H and O–H groups in total. The van der Waals surface area contributed by atoms with Gasteiger partial charge in [-0.2, -0.15) is 0 Å². The first-order valence-corrected chi connectivity index (χ1v) is 11.4. The quantitative estimate of drug-likeness (QED) is 0.509. The van der Waals surface area contributed by atoms with Gasteiger partial charge in [0.25, 0.3) is 5.56 Å². The molecule has 1 aliphatic rings. The van der Waals surface area contributed by atoms with Crippen molar-refractivity contribution in [1.29, 1.82) is 0 Å². The zero-order valence-electron chi connectivity index (χ0n) is 19.4. The lowest BCUT2D eigenvalue weighted by molar-refractivity contribution is 0.445. The summed E-state index contributed by atoms with van der Waals surface area (Å²) in [5.74, 6) is -0.404. The van der Waals surface area contributed by atoms with Crippen molar-refractivity contribution in [3.63, 3.8) is 0 Å². The van der Waals surface area contributed by atoms with Crippen LogP contribution in [0.25, 0.3) is 0 Å². The van der Waals surface area contributed by atoms with Crippen LogP contribution in [0.2, 0.25) is 0 Å². The highest BCUT2D eigenvalue weighted by Gasteiger charge is 2.25. The molecule has 9 heteroatoms. The van der Waals surface area contributed by atoms with E-state index in [9.17, 15) is 19.1 Å². The Kier molecular flexibility index (Phi) is 6.85. The van der Waals surface area contributed by atoms with Crippen LogP contribution in [0.15, 0.2) is 52.1 Å². The van der Waals surface area contributed by atoms with E-state index >= 15 is 0 Å². The van der Waals surface area contributed by atoms with Crippen molar-refractivity contribution in [2.24, 2.45) is 5.73 Å². The summed E-state index contributed by atoms with van der Waals surface area (Å²) in [5.41, 5.74) is 7.80. The number of rotatable bonds is 6. The number of hydrogen-bond acceptors (Lipinski definition) is 6. The van der Waals surface area contributed by atoms with E-state index in [2.05, 4.69) is 5.32 Å². The molecule has 1 aromatic heterocycles. The number of nitrogens with one attached hydrogen (secondary N) is 1. The number of phenols is 1. The van der Waals surface area contributed by atoms with Gasteiger partial charge in [0, 0.05) is 43.0 Å². The van der Waals surface area contributed by atoms with E-state index in [1.807, 2.05) is 4.90 Å². The molecule has 2 aromatic carbocycles. The number of benzene rings is 2. The molecule has 1 saturated heterocycles. The van der Waals surface area contributed by atoms with E-state index in [4.69, 9.17) is 5.73 Å². The molecule has 0 bridgehead atoms.